The lowest BCUT2D eigenvalue weighted by molar-refractivity contribution is -0.384. The molecule has 2 N–H and O–H groups in total. The molecule has 39 heavy (non-hydrogen) atoms. The van der Waals surface area contributed by atoms with Crippen LogP contribution in [-0.4, -0.2) is 36.0 Å². The number of aromatic amines is 1. The van der Waals surface area contributed by atoms with Crippen LogP contribution in [0.5, 0.6) is 0 Å². The molecule has 5 aromatic rings. The van der Waals surface area contributed by atoms with Crippen molar-refractivity contribution in [2.45, 2.75) is 12.5 Å². The number of carbonyl (C=O) groups is 1. The van der Waals surface area contributed by atoms with Crippen molar-refractivity contribution in [3.05, 3.63) is 122 Å². The van der Waals surface area contributed by atoms with E-state index in [1.807, 2.05) is 30.3 Å². The maximum Gasteiger partial charge on any atom is 0.277 e. The van der Waals surface area contributed by atoms with Gasteiger partial charge in [-0.25, -0.2) is 0 Å². The van der Waals surface area contributed by atoms with Crippen molar-refractivity contribution >= 4 is 28.9 Å². The number of tetrazole rings is 1. The number of anilines is 1. The van der Waals surface area contributed by atoms with E-state index >= 15 is 0 Å². The number of pyridine rings is 1. The maximum absolute atomic E-state index is 13.5. The standard InChI is InChI=1S/C27H20ClN7O4/c28-20-8-11-23(35(38)39)22(16-20)19-12-13-34(25(36)15-19)24(14-17-4-2-1-3-5-17)27(37)29-21-9-6-18(7-10-21)26-30-32-33-31-26/h1-13,15-16,24H,14H2,(H,29,37)(H,30,31,32,33). The van der Waals surface area contributed by atoms with Gasteiger partial charge in [0.05, 0.1) is 10.5 Å². The minimum Gasteiger partial charge on any atom is -0.324 e. The minimum atomic E-state index is -0.903. The summed E-state index contributed by atoms with van der Waals surface area (Å²) in [5.74, 6) is 0.0103. The molecule has 0 saturated heterocycles. The normalized spacial score (nSPS) is 11.6. The molecule has 0 spiro atoms. The van der Waals surface area contributed by atoms with Crippen LogP contribution < -0.4 is 10.9 Å². The highest BCUT2D eigenvalue weighted by Gasteiger charge is 2.24. The fourth-order valence-electron chi connectivity index (χ4n) is 4.18. The third-order valence-electron chi connectivity index (χ3n) is 6.08. The van der Waals surface area contributed by atoms with Gasteiger partial charge in [-0.2, -0.15) is 5.21 Å². The van der Waals surface area contributed by atoms with Crippen LogP contribution in [0.2, 0.25) is 5.02 Å². The molecule has 3 aromatic carbocycles. The first-order valence-electron chi connectivity index (χ1n) is 11.7. The van der Waals surface area contributed by atoms with Crippen LogP contribution >= 0.6 is 11.6 Å². The van der Waals surface area contributed by atoms with Crippen LogP contribution in [0.15, 0.2) is 95.9 Å². The monoisotopic (exact) mass is 541 g/mol. The summed E-state index contributed by atoms with van der Waals surface area (Å²) >= 11 is 6.07. The van der Waals surface area contributed by atoms with Crippen LogP contribution in [0, 0.1) is 10.1 Å². The van der Waals surface area contributed by atoms with Crippen molar-refractivity contribution < 1.29 is 9.72 Å². The fraction of sp³-hybridized carbons (Fsp3) is 0.0741. The molecular formula is C27H20ClN7O4. The van der Waals surface area contributed by atoms with Crippen LogP contribution in [0.3, 0.4) is 0 Å². The molecule has 0 aliphatic carbocycles. The second kappa shape index (κ2) is 11.1. The van der Waals surface area contributed by atoms with E-state index in [0.29, 0.717) is 27.7 Å². The van der Waals surface area contributed by atoms with Crippen LogP contribution in [-0.2, 0) is 11.2 Å². The second-order valence-electron chi connectivity index (χ2n) is 8.59. The van der Waals surface area contributed by atoms with E-state index in [1.165, 1.54) is 35.0 Å². The van der Waals surface area contributed by atoms with E-state index in [2.05, 4.69) is 25.9 Å². The highest BCUT2D eigenvalue weighted by atomic mass is 35.5. The molecule has 5 rings (SSSR count). The highest BCUT2D eigenvalue weighted by Crippen LogP contribution is 2.32. The van der Waals surface area contributed by atoms with Crippen LogP contribution in [0.25, 0.3) is 22.5 Å². The lowest BCUT2D eigenvalue weighted by Crippen LogP contribution is -2.34. The number of amides is 1. The third-order valence-corrected chi connectivity index (χ3v) is 6.32. The van der Waals surface area contributed by atoms with Gasteiger partial charge in [-0.05, 0) is 58.8 Å². The molecule has 0 saturated carbocycles. The molecule has 0 fully saturated rings. The van der Waals surface area contributed by atoms with Gasteiger partial charge in [0.15, 0.2) is 0 Å². The predicted octanol–water partition coefficient (Wildman–Crippen LogP) is 4.68. The van der Waals surface area contributed by atoms with E-state index in [9.17, 15) is 19.7 Å². The van der Waals surface area contributed by atoms with Gasteiger partial charge in [-0.1, -0.05) is 41.9 Å². The first-order chi connectivity index (χ1) is 18.9. The Morgan fingerprint density at radius 1 is 1.03 bits per heavy atom. The number of hydrogen-bond donors (Lipinski definition) is 2. The van der Waals surface area contributed by atoms with E-state index in [-0.39, 0.29) is 17.7 Å². The minimum absolute atomic E-state index is 0.181. The van der Waals surface area contributed by atoms with Crippen molar-refractivity contribution in [3.63, 3.8) is 0 Å². The zero-order chi connectivity index (χ0) is 27.4. The summed E-state index contributed by atoms with van der Waals surface area (Å²) in [6.07, 6.45) is 1.71. The molecule has 11 nitrogen and oxygen atoms in total. The molecule has 1 amide bonds. The number of hydrogen-bond acceptors (Lipinski definition) is 7. The molecule has 1 atom stereocenters. The first-order valence-corrected chi connectivity index (χ1v) is 12.1. The van der Waals surface area contributed by atoms with Crippen molar-refractivity contribution in [3.8, 4) is 22.5 Å². The second-order valence-corrected chi connectivity index (χ2v) is 9.02. The summed E-state index contributed by atoms with van der Waals surface area (Å²) < 4.78 is 1.32. The molecule has 0 bridgehead atoms. The first kappa shape index (κ1) is 25.5. The number of nitro groups is 1. The Bertz CT molecular complexity index is 1690. The Morgan fingerprint density at radius 3 is 2.46 bits per heavy atom. The summed E-state index contributed by atoms with van der Waals surface area (Å²) in [5, 5.41) is 28.5. The largest absolute Gasteiger partial charge is 0.324 e. The molecule has 12 heteroatoms. The number of aromatic nitrogens is 5. The molecule has 1 unspecified atom stereocenters. The number of nitro benzene ring substituents is 1. The molecular weight excluding hydrogens is 522 g/mol. The number of carbonyl (C=O) groups excluding carboxylic acids is 1. The average molecular weight is 542 g/mol. The molecule has 0 aliphatic heterocycles. The summed E-state index contributed by atoms with van der Waals surface area (Å²) in [6, 6.07) is 22.3. The average Bonchev–Trinajstić information content (AvgIpc) is 3.48. The summed E-state index contributed by atoms with van der Waals surface area (Å²) in [7, 11) is 0. The number of rotatable bonds is 8. The lowest BCUT2D eigenvalue weighted by Gasteiger charge is -2.20. The van der Waals surface area contributed by atoms with Gasteiger partial charge in [0.1, 0.15) is 6.04 Å². The Hall–Kier alpha value is -5.16. The summed E-state index contributed by atoms with van der Waals surface area (Å²) in [5.41, 5.74) is 1.94. The van der Waals surface area contributed by atoms with E-state index in [4.69, 9.17) is 11.6 Å². The van der Waals surface area contributed by atoms with E-state index in [0.717, 1.165) is 5.56 Å². The molecule has 0 aliphatic rings. The zero-order valence-electron chi connectivity index (χ0n) is 20.2. The van der Waals surface area contributed by atoms with E-state index in [1.54, 1.807) is 30.3 Å². The van der Waals surface area contributed by atoms with Gasteiger partial charge in [-0.3, -0.25) is 19.7 Å². The summed E-state index contributed by atoms with van der Waals surface area (Å²) in [4.78, 5) is 37.8. The molecule has 194 valence electrons. The van der Waals surface area contributed by atoms with Gasteiger partial charge < -0.3 is 9.88 Å². The Kier molecular flexibility index (Phi) is 7.23. The fourth-order valence-corrected chi connectivity index (χ4v) is 4.35. The number of halogens is 1. The number of benzene rings is 3. The van der Waals surface area contributed by atoms with Crippen LogP contribution in [0.1, 0.15) is 11.6 Å². The van der Waals surface area contributed by atoms with Crippen molar-refractivity contribution in [2.24, 2.45) is 0 Å². The summed E-state index contributed by atoms with van der Waals surface area (Å²) in [6.45, 7) is 0. The van der Waals surface area contributed by atoms with Crippen LogP contribution in [0.4, 0.5) is 11.4 Å². The van der Waals surface area contributed by atoms with Crippen molar-refractivity contribution in [1.82, 2.24) is 25.2 Å². The zero-order valence-corrected chi connectivity index (χ0v) is 20.9. The number of nitrogens with zero attached hydrogens (tertiary/aromatic N) is 5. The topological polar surface area (TPSA) is 149 Å². The van der Waals surface area contributed by atoms with Crippen molar-refractivity contribution in [1.29, 1.82) is 0 Å². The maximum atomic E-state index is 13.5. The molecule has 2 aromatic heterocycles. The van der Waals surface area contributed by atoms with Gasteiger partial charge >= 0.3 is 0 Å². The lowest BCUT2D eigenvalue weighted by atomic mass is 10.0. The number of nitrogens with one attached hydrogen (secondary N) is 2. The van der Waals surface area contributed by atoms with E-state index < -0.39 is 22.4 Å². The molecule has 2 heterocycles. The SMILES string of the molecule is O=C(Nc1ccc(-c2nn[nH]n2)cc1)C(Cc1ccccc1)n1ccc(-c2cc(Cl)ccc2[N+](=O)[O-])cc1=O. The Morgan fingerprint density at radius 2 is 1.79 bits per heavy atom. The smallest absolute Gasteiger partial charge is 0.277 e. The van der Waals surface area contributed by atoms with Gasteiger partial charge in [-0.15, -0.1) is 10.2 Å². The highest BCUT2D eigenvalue weighted by molar-refractivity contribution is 6.31. The Balaban J connectivity index is 1.47. The van der Waals surface area contributed by atoms with Gasteiger partial charge in [0.25, 0.3) is 11.2 Å². The third kappa shape index (κ3) is 5.73. The van der Waals surface area contributed by atoms with Crippen molar-refractivity contribution in [2.75, 3.05) is 5.32 Å². The van der Waals surface area contributed by atoms with Gasteiger partial charge in [0.2, 0.25) is 11.7 Å². The number of H-pyrrole nitrogens is 1. The quantitative estimate of drug-likeness (QED) is 0.214. The predicted molar refractivity (Wildman–Crippen MR) is 145 cm³/mol. The van der Waals surface area contributed by atoms with Gasteiger partial charge in [0, 0.05) is 41.0 Å². The Labute approximate surface area is 226 Å². The molecule has 0 radical (unpaired) electrons.